The molecule has 0 bridgehead atoms. The molecule has 0 unspecified atom stereocenters. The summed E-state index contributed by atoms with van der Waals surface area (Å²) in [5.41, 5.74) is 1.69. The first-order chi connectivity index (χ1) is 19.7. The quantitative estimate of drug-likeness (QED) is 0.203. The number of ether oxygens (including phenoxy) is 2. The van der Waals surface area contributed by atoms with Crippen molar-refractivity contribution in [3.63, 3.8) is 0 Å². The van der Waals surface area contributed by atoms with Crippen molar-refractivity contribution in [1.82, 2.24) is 0 Å². The Morgan fingerprint density at radius 2 is 1.12 bits per heavy atom. The number of phosphoric ester groups is 1. The van der Waals surface area contributed by atoms with E-state index in [-0.39, 0.29) is 11.5 Å². The Hall–Kier alpha value is -3.69. The lowest BCUT2D eigenvalue weighted by molar-refractivity contribution is -0.213. The number of hydrogen-bond donors (Lipinski definition) is 0. The zero-order valence-electron chi connectivity index (χ0n) is 21.6. The Morgan fingerprint density at radius 3 is 1.54 bits per heavy atom. The van der Waals surface area contributed by atoms with Gasteiger partial charge in [0.25, 0.3) is 0 Å². The average Bonchev–Trinajstić information content (AvgIpc) is 3.19. The molecule has 6 rings (SSSR count). The van der Waals surface area contributed by atoms with E-state index < -0.39 is 19.5 Å². The molecule has 0 radical (unpaired) electrons. The molecule has 2 aliphatic heterocycles. The average molecular weight is 610 g/mol. The summed E-state index contributed by atoms with van der Waals surface area (Å²) >= 11 is 2.60. The number of methoxy groups -OCH3 is 2. The highest BCUT2D eigenvalue weighted by atomic mass is 32.2. The number of halogens is 2. The molecule has 0 amide bonds. The molecule has 0 aliphatic carbocycles. The van der Waals surface area contributed by atoms with Crippen molar-refractivity contribution in [3.8, 4) is 11.5 Å². The largest absolute Gasteiger partial charge is 0.736 e. The lowest BCUT2D eigenvalue weighted by Gasteiger charge is -2.27. The van der Waals surface area contributed by atoms with Gasteiger partial charge in [0.2, 0.25) is 0 Å². The minimum atomic E-state index is -5.15. The van der Waals surface area contributed by atoms with Crippen LogP contribution in [0.1, 0.15) is 22.3 Å². The van der Waals surface area contributed by atoms with E-state index in [0.717, 1.165) is 0 Å². The topological polar surface area (TPSA) is 77.1 Å². The van der Waals surface area contributed by atoms with Crippen LogP contribution in [0.5, 0.6) is 11.5 Å². The standard InChI is InChI=1S/C30H21F2O6PS2/c1-35-23-7-3-5-21-25(15-17-13-19(31)9-11-27(17)40-29(21)23)37-39(33,34)38-26-16-18-14-20(32)10-12-28(18)41-30-22(26)6-4-8-24(30)36-2/h3-16H,1-2H3,(H,33,34)/p-1. The summed E-state index contributed by atoms with van der Waals surface area (Å²) < 4.78 is 64.1. The summed E-state index contributed by atoms with van der Waals surface area (Å²) in [6.45, 7) is 0. The van der Waals surface area contributed by atoms with Crippen LogP contribution in [0.2, 0.25) is 0 Å². The molecule has 0 saturated heterocycles. The third-order valence-electron chi connectivity index (χ3n) is 6.29. The van der Waals surface area contributed by atoms with Gasteiger partial charge in [-0.1, -0.05) is 35.7 Å². The van der Waals surface area contributed by atoms with Gasteiger partial charge < -0.3 is 23.4 Å². The van der Waals surface area contributed by atoms with Crippen LogP contribution in [0.25, 0.3) is 23.7 Å². The molecule has 0 spiro atoms. The van der Waals surface area contributed by atoms with Gasteiger partial charge in [-0.05, 0) is 83.9 Å². The van der Waals surface area contributed by atoms with Crippen molar-refractivity contribution in [2.24, 2.45) is 0 Å². The molecule has 6 nitrogen and oxygen atoms in total. The first kappa shape index (κ1) is 27.5. The number of fused-ring (bicyclic) bond motifs is 4. The molecule has 0 atom stereocenters. The summed E-state index contributed by atoms with van der Waals surface area (Å²) in [5, 5.41) is 0. The highest BCUT2D eigenvalue weighted by molar-refractivity contribution is 8.00. The molecule has 0 fully saturated rings. The fraction of sp³-hybridized carbons (Fsp3) is 0.0667. The van der Waals surface area contributed by atoms with Crippen LogP contribution in [0.15, 0.2) is 92.4 Å². The number of benzene rings is 4. The Labute approximate surface area is 243 Å². The van der Waals surface area contributed by atoms with E-state index >= 15 is 0 Å². The molecule has 11 heteroatoms. The van der Waals surface area contributed by atoms with Crippen molar-refractivity contribution >= 4 is 55.0 Å². The SMILES string of the molecule is COc1cccc2c1Sc1ccc(F)cc1C=C2OP(=O)([O-])OC1=Cc2cc(F)ccc2Sc2c(OC)cccc21. The maximum absolute atomic E-state index is 14.2. The fourth-order valence-electron chi connectivity index (χ4n) is 4.47. The van der Waals surface area contributed by atoms with Gasteiger partial charge in [-0.15, -0.1) is 0 Å². The number of hydrogen-bond acceptors (Lipinski definition) is 8. The molecule has 4 aromatic carbocycles. The Balaban J connectivity index is 1.44. The Bertz CT molecular complexity index is 1680. The molecule has 0 aromatic heterocycles. The van der Waals surface area contributed by atoms with Gasteiger partial charge in [-0.25, -0.2) is 13.3 Å². The van der Waals surface area contributed by atoms with Crippen molar-refractivity contribution in [3.05, 3.63) is 107 Å². The van der Waals surface area contributed by atoms with Crippen LogP contribution in [-0.2, 0) is 13.6 Å². The second-order valence-corrected chi connectivity index (χ2v) is 12.3. The van der Waals surface area contributed by atoms with Crippen molar-refractivity contribution in [2.75, 3.05) is 14.2 Å². The summed E-state index contributed by atoms with van der Waals surface area (Å²) in [4.78, 5) is 16.1. The molecule has 0 saturated carbocycles. The molecular weight excluding hydrogens is 589 g/mol. The van der Waals surface area contributed by atoms with E-state index in [9.17, 15) is 18.2 Å². The van der Waals surface area contributed by atoms with Gasteiger partial charge in [0.15, 0.2) is 0 Å². The first-order valence-electron chi connectivity index (χ1n) is 12.2. The van der Waals surface area contributed by atoms with Gasteiger partial charge in [-0.3, -0.25) is 0 Å². The lowest BCUT2D eigenvalue weighted by atomic mass is 10.1. The van der Waals surface area contributed by atoms with Crippen LogP contribution in [0.3, 0.4) is 0 Å². The van der Waals surface area contributed by atoms with Crippen LogP contribution in [-0.4, -0.2) is 14.2 Å². The number of rotatable bonds is 6. The molecule has 0 N–H and O–H groups in total. The highest BCUT2D eigenvalue weighted by Gasteiger charge is 2.28. The predicted octanol–water partition coefficient (Wildman–Crippen LogP) is 8.11. The van der Waals surface area contributed by atoms with E-state index in [0.29, 0.717) is 53.3 Å². The monoisotopic (exact) mass is 609 g/mol. The fourth-order valence-corrected chi connectivity index (χ4v) is 7.54. The zero-order valence-corrected chi connectivity index (χ0v) is 24.1. The minimum Gasteiger partial charge on any atom is -0.736 e. The van der Waals surface area contributed by atoms with Gasteiger partial charge in [-0.2, -0.15) is 0 Å². The second kappa shape index (κ2) is 10.9. The van der Waals surface area contributed by atoms with Crippen LogP contribution < -0.4 is 14.4 Å². The van der Waals surface area contributed by atoms with E-state index in [2.05, 4.69) is 0 Å². The second-order valence-electron chi connectivity index (χ2n) is 8.89. The predicted molar refractivity (Wildman–Crippen MR) is 153 cm³/mol. The first-order valence-corrected chi connectivity index (χ1v) is 15.3. The van der Waals surface area contributed by atoms with Gasteiger partial charge >= 0.3 is 7.82 Å². The van der Waals surface area contributed by atoms with Crippen LogP contribution in [0, 0.1) is 11.6 Å². The van der Waals surface area contributed by atoms with Crippen LogP contribution in [0.4, 0.5) is 8.78 Å². The van der Waals surface area contributed by atoms with Crippen molar-refractivity contribution in [1.29, 1.82) is 0 Å². The lowest BCUT2D eigenvalue weighted by Crippen LogP contribution is -2.08. The third kappa shape index (κ3) is 5.48. The molecule has 41 heavy (non-hydrogen) atoms. The Morgan fingerprint density at radius 1 is 0.683 bits per heavy atom. The van der Waals surface area contributed by atoms with Gasteiger partial charge in [0.05, 0.1) is 24.0 Å². The normalized spacial score (nSPS) is 13.7. The number of phosphoric acid groups is 1. The summed E-state index contributed by atoms with van der Waals surface area (Å²) in [5.74, 6) is -0.146. The maximum atomic E-state index is 14.2. The molecule has 4 aromatic rings. The summed E-state index contributed by atoms with van der Waals surface area (Å²) in [6, 6.07) is 18.7. The van der Waals surface area contributed by atoms with E-state index in [4.69, 9.17) is 18.5 Å². The van der Waals surface area contributed by atoms with E-state index in [1.807, 2.05) is 0 Å². The summed E-state index contributed by atoms with van der Waals surface area (Å²) in [6.07, 6.45) is 2.90. The smallest absolute Gasteiger partial charge is 0.372 e. The molecule has 208 valence electrons. The highest BCUT2D eigenvalue weighted by Crippen LogP contribution is 2.54. The van der Waals surface area contributed by atoms with E-state index in [1.54, 1.807) is 48.5 Å². The molecule has 2 aliphatic rings. The van der Waals surface area contributed by atoms with Crippen molar-refractivity contribution in [2.45, 2.75) is 19.6 Å². The van der Waals surface area contributed by atoms with Gasteiger partial charge in [0.1, 0.15) is 34.7 Å². The van der Waals surface area contributed by atoms with Gasteiger partial charge in [0, 0.05) is 20.9 Å². The molecule has 2 heterocycles. The third-order valence-corrected chi connectivity index (χ3v) is 9.56. The minimum absolute atomic E-state index is 0.0741. The maximum Gasteiger partial charge on any atom is 0.372 e. The van der Waals surface area contributed by atoms with Crippen LogP contribution >= 0.6 is 31.3 Å². The summed E-state index contributed by atoms with van der Waals surface area (Å²) in [7, 11) is -2.15. The van der Waals surface area contributed by atoms with E-state index in [1.165, 1.54) is 74.2 Å². The molecular formula is C30H20F2O6PS2-. The Kier molecular flexibility index (Phi) is 7.34. The zero-order chi connectivity index (χ0) is 28.7. The van der Waals surface area contributed by atoms with Crippen molar-refractivity contribution < 1.29 is 36.8 Å².